The second kappa shape index (κ2) is 6.02. The predicted octanol–water partition coefficient (Wildman–Crippen LogP) is 4.35. The van der Waals surface area contributed by atoms with Gasteiger partial charge in [0, 0.05) is 22.6 Å². The maximum Gasteiger partial charge on any atom is 0.146 e. The summed E-state index contributed by atoms with van der Waals surface area (Å²) < 4.78 is 32.8. The molecule has 100 valence electrons. The number of hydrogen-bond acceptors (Lipinski definition) is 2. The van der Waals surface area contributed by atoms with Crippen LogP contribution in [0, 0.1) is 11.6 Å². The van der Waals surface area contributed by atoms with Gasteiger partial charge in [-0.05, 0) is 24.3 Å². The van der Waals surface area contributed by atoms with Gasteiger partial charge in [-0.3, -0.25) is 0 Å². The van der Waals surface area contributed by atoms with Gasteiger partial charge in [0.2, 0.25) is 0 Å². The standard InChI is InChI=1S/C14H12BrF2NO/c1-19-11-4-5-12(16)14(7-11)18-8-9-2-3-10(15)6-13(9)17/h2-7,18H,8H2,1H3. The van der Waals surface area contributed by atoms with Crippen LogP contribution < -0.4 is 10.1 Å². The van der Waals surface area contributed by atoms with Gasteiger partial charge in [0.1, 0.15) is 17.4 Å². The van der Waals surface area contributed by atoms with Crippen molar-refractivity contribution < 1.29 is 13.5 Å². The molecule has 19 heavy (non-hydrogen) atoms. The highest BCUT2D eigenvalue weighted by Crippen LogP contribution is 2.22. The van der Waals surface area contributed by atoms with Crippen LogP contribution in [0.1, 0.15) is 5.56 Å². The molecule has 5 heteroatoms. The molecule has 2 nitrogen and oxygen atoms in total. The van der Waals surface area contributed by atoms with E-state index >= 15 is 0 Å². The van der Waals surface area contributed by atoms with Gasteiger partial charge in [-0.2, -0.15) is 0 Å². The Morgan fingerprint density at radius 3 is 2.58 bits per heavy atom. The summed E-state index contributed by atoms with van der Waals surface area (Å²) in [5.41, 5.74) is 0.743. The third-order valence-corrected chi connectivity index (χ3v) is 3.15. The van der Waals surface area contributed by atoms with Crippen molar-refractivity contribution >= 4 is 21.6 Å². The van der Waals surface area contributed by atoms with Crippen LogP contribution in [0.4, 0.5) is 14.5 Å². The Kier molecular flexibility index (Phi) is 4.37. The maximum absolute atomic E-state index is 13.6. The summed E-state index contributed by atoms with van der Waals surface area (Å²) in [6.07, 6.45) is 0. The average molecular weight is 328 g/mol. The van der Waals surface area contributed by atoms with Crippen LogP contribution in [0.25, 0.3) is 0 Å². The molecule has 0 aliphatic rings. The van der Waals surface area contributed by atoms with Crippen molar-refractivity contribution in [3.63, 3.8) is 0 Å². The first-order valence-corrected chi connectivity index (χ1v) is 6.41. The third-order valence-electron chi connectivity index (χ3n) is 2.66. The van der Waals surface area contributed by atoms with E-state index in [4.69, 9.17) is 4.74 Å². The molecule has 0 spiro atoms. The third kappa shape index (κ3) is 3.44. The molecule has 0 fully saturated rings. The Balaban J connectivity index is 2.14. The molecule has 0 aromatic heterocycles. The summed E-state index contributed by atoms with van der Waals surface area (Å²) in [7, 11) is 1.51. The molecule has 2 rings (SSSR count). The second-order valence-electron chi connectivity index (χ2n) is 3.94. The number of anilines is 1. The molecule has 1 N–H and O–H groups in total. The minimum absolute atomic E-state index is 0.198. The molecule has 0 saturated heterocycles. The van der Waals surface area contributed by atoms with Crippen LogP contribution in [-0.4, -0.2) is 7.11 Å². The lowest BCUT2D eigenvalue weighted by atomic mass is 10.2. The van der Waals surface area contributed by atoms with Crippen molar-refractivity contribution in [1.82, 2.24) is 0 Å². The fraction of sp³-hybridized carbons (Fsp3) is 0.143. The molecule has 0 aliphatic carbocycles. The molecule has 0 unspecified atom stereocenters. The van der Waals surface area contributed by atoms with Gasteiger partial charge in [0.05, 0.1) is 12.8 Å². The van der Waals surface area contributed by atoms with E-state index in [0.717, 1.165) is 0 Å². The van der Waals surface area contributed by atoms with E-state index in [2.05, 4.69) is 21.2 Å². The molecule has 0 heterocycles. The van der Waals surface area contributed by atoms with Crippen molar-refractivity contribution in [2.75, 3.05) is 12.4 Å². The van der Waals surface area contributed by atoms with Crippen LogP contribution in [0.2, 0.25) is 0 Å². The Bertz CT molecular complexity index is 590. The molecular weight excluding hydrogens is 316 g/mol. The topological polar surface area (TPSA) is 21.3 Å². The van der Waals surface area contributed by atoms with Crippen molar-refractivity contribution in [2.24, 2.45) is 0 Å². The first-order valence-electron chi connectivity index (χ1n) is 5.61. The van der Waals surface area contributed by atoms with Gasteiger partial charge < -0.3 is 10.1 Å². The molecule has 0 atom stereocenters. The van der Waals surface area contributed by atoms with E-state index in [1.807, 2.05) is 0 Å². The van der Waals surface area contributed by atoms with Gasteiger partial charge in [-0.1, -0.05) is 22.0 Å². The van der Waals surface area contributed by atoms with Crippen molar-refractivity contribution in [3.8, 4) is 5.75 Å². The molecule has 0 saturated carbocycles. The number of benzene rings is 2. The predicted molar refractivity (Wildman–Crippen MR) is 74.4 cm³/mol. The Morgan fingerprint density at radius 2 is 1.89 bits per heavy atom. The molecule has 0 amide bonds. The SMILES string of the molecule is COc1ccc(F)c(NCc2ccc(Br)cc2F)c1. The van der Waals surface area contributed by atoms with Gasteiger partial charge >= 0.3 is 0 Å². The minimum atomic E-state index is -0.404. The lowest BCUT2D eigenvalue weighted by Gasteiger charge is -2.10. The van der Waals surface area contributed by atoms with Crippen LogP contribution in [0.15, 0.2) is 40.9 Å². The highest BCUT2D eigenvalue weighted by Gasteiger charge is 2.06. The Labute approximate surface area is 118 Å². The van der Waals surface area contributed by atoms with Crippen molar-refractivity contribution in [2.45, 2.75) is 6.54 Å². The van der Waals surface area contributed by atoms with Crippen molar-refractivity contribution in [1.29, 1.82) is 0 Å². The zero-order chi connectivity index (χ0) is 13.8. The maximum atomic E-state index is 13.6. The van der Waals surface area contributed by atoms with E-state index in [1.165, 1.54) is 31.4 Å². The summed E-state index contributed by atoms with van der Waals surface area (Å²) in [6, 6.07) is 9.12. The molecular formula is C14H12BrF2NO. The summed E-state index contributed by atoms with van der Waals surface area (Å²) in [5, 5.41) is 2.85. The van der Waals surface area contributed by atoms with Gasteiger partial charge in [-0.15, -0.1) is 0 Å². The van der Waals surface area contributed by atoms with E-state index in [-0.39, 0.29) is 18.0 Å². The van der Waals surface area contributed by atoms with Crippen LogP contribution in [0.3, 0.4) is 0 Å². The largest absolute Gasteiger partial charge is 0.497 e. The van der Waals surface area contributed by atoms with E-state index in [9.17, 15) is 8.78 Å². The van der Waals surface area contributed by atoms with Crippen LogP contribution in [0.5, 0.6) is 5.75 Å². The fourth-order valence-corrected chi connectivity index (χ4v) is 1.96. The molecule has 0 bridgehead atoms. The molecule has 0 aliphatic heterocycles. The summed E-state index contributed by atoms with van der Waals surface area (Å²) in [4.78, 5) is 0. The highest BCUT2D eigenvalue weighted by molar-refractivity contribution is 9.10. The number of halogens is 3. The number of rotatable bonds is 4. The van der Waals surface area contributed by atoms with E-state index in [0.29, 0.717) is 15.8 Å². The molecule has 2 aromatic carbocycles. The lowest BCUT2D eigenvalue weighted by molar-refractivity contribution is 0.414. The van der Waals surface area contributed by atoms with Gasteiger partial charge in [0.25, 0.3) is 0 Å². The smallest absolute Gasteiger partial charge is 0.146 e. The highest BCUT2D eigenvalue weighted by atomic mass is 79.9. The quantitative estimate of drug-likeness (QED) is 0.901. The summed E-state index contributed by atoms with van der Waals surface area (Å²) >= 11 is 3.19. The number of hydrogen-bond donors (Lipinski definition) is 1. The monoisotopic (exact) mass is 327 g/mol. The van der Waals surface area contributed by atoms with Crippen LogP contribution in [-0.2, 0) is 6.54 Å². The summed E-state index contributed by atoms with van der Waals surface area (Å²) in [6.45, 7) is 0.198. The van der Waals surface area contributed by atoms with E-state index in [1.54, 1.807) is 12.1 Å². The number of ether oxygens (including phenoxy) is 1. The normalized spacial score (nSPS) is 10.3. The molecule has 2 aromatic rings. The zero-order valence-electron chi connectivity index (χ0n) is 10.2. The summed E-state index contributed by atoms with van der Waals surface area (Å²) in [5.74, 6) is -0.205. The first kappa shape index (κ1) is 13.8. The zero-order valence-corrected chi connectivity index (χ0v) is 11.8. The second-order valence-corrected chi connectivity index (χ2v) is 4.85. The Hall–Kier alpha value is -1.62. The minimum Gasteiger partial charge on any atom is -0.497 e. The fourth-order valence-electron chi connectivity index (χ4n) is 1.62. The van der Waals surface area contributed by atoms with Crippen LogP contribution >= 0.6 is 15.9 Å². The number of methoxy groups -OCH3 is 1. The first-order chi connectivity index (χ1) is 9.10. The van der Waals surface area contributed by atoms with Gasteiger partial charge in [0.15, 0.2) is 0 Å². The average Bonchev–Trinajstić information content (AvgIpc) is 2.39. The molecule has 0 radical (unpaired) electrons. The van der Waals surface area contributed by atoms with E-state index < -0.39 is 5.82 Å². The van der Waals surface area contributed by atoms with Crippen molar-refractivity contribution in [3.05, 3.63) is 58.1 Å². The number of nitrogens with one attached hydrogen (secondary N) is 1. The lowest BCUT2D eigenvalue weighted by Crippen LogP contribution is -2.03. The Morgan fingerprint density at radius 1 is 1.11 bits per heavy atom. The van der Waals surface area contributed by atoms with Gasteiger partial charge in [-0.25, -0.2) is 8.78 Å².